The highest BCUT2D eigenvalue weighted by molar-refractivity contribution is 7.89. The van der Waals surface area contributed by atoms with Crippen LogP contribution in [0.5, 0.6) is 11.5 Å². The number of halogens is 1. The first kappa shape index (κ1) is 23.2. The van der Waals surface area contributed by atoms with Crippen LogP contribution in [0, 0.1) is 0 Å². The number of carbonyl (C=O) groups excluding carboxylic acids is 1. The highest BCUT2D eigenvalue weighted by Gasteiger charge is 2.39. The molecule has 1 amide bonds. The van der Waals surface area contributed by atoms with Crippen molar-refractivity contribution < 1.29 is 22.7 Å². The van der Waals surface area contributed by atoms with Crippen LogP contribution in [0.3, 0.4) is 0 Å². The monoisotopic (exact) mass is 503 g/mol. The second-order valence-electron chi connectivity index (χ2n) is 8.65. The minimum absolute atomic E-state index is 0.00672. The highest BCUT2D eigenvalue weighted by Crippen LogP contribution is 2.36. The van der Waals surface area contributed by atoms with Crippen LogP contribution in [-0.2, 0) is 14.8 Å². The van der Waals surface area contributed by atoms with Crippen LogP contribution in [0.2, 0.25) is 5.02 Å². The minimum atomic E-state index is -3.70. The van der Waals surface area contributed by atoms with E-state index in [0.29, 0.717) is 49.4 Å². The zero-order valence-corrected chi connectivity index (χ0v) is 20.4. The Labute approximate surface area is 204 Å². The number of ether oxygens (including phenoxy) is 2. The van der Waals surface area contributed by atoms with Gasteiger partial charge in [0.05, 0.1) is 10.8 Å². The molecular weight excluding hydrogens is 478 g/mol. The van der Waals surface area contributed by atoms with Crippen molar-refractivity contribution in [3.05, 3.63) is 64.2 Å². The maximum Gasteiger partial charge on any atom is 0.243 e. The number of nitrogens with zero attached hydrogens (tertiary/aromatic N) is 2. The Bertz CT molecular complexity index is 1250. The molecule has 8 nitrogen and oxygen atoms in total. The van der Waals surface area contributed by atoms with E-state index < -0.39 is 10.0 Å². The molecule has 0 aromatic heterocycles. The normalized spacial score (nSPS) is 18.8. The Kier molecular flexibility index (Phi) is 6.28. The van der Waals surface area contributed by atoms with Crippen LogP contribution in [-0.4, -0.2) is 76.5 Å². The lowest BCUT2D eigenvalue weighted by Gasteiger charge is -2.27. The maximum atomic E-state index is 13.4. The largest absolute Gasteiger partial charge is 0.486 e. The molecule has 3 heterocycles. The van der Waals surface area contributed by atoms with Gasteiger partial charge in [-0.1, -0.05) is 23.7 Å². The number of carbonyl (C=O) groups is 1. The zero-order valence-electron chi connectivity index (χ0n) is 18.8. The average molecular weight is 504 g/mol. The predicted molar refractivity (Wildman–Crippen MR) is 128 cm³/mol. The molecule has 0 radical (unpaired) electrons. The number of hydrogen-bond acceptors (Lipinski definition) is 6. The molecule has 5 rings (SSSR count). The number of amides is 1. The van der Waals surface area contributed by atoms with Crippen LogP contribution in [0.4, 0.5) is 0 Å². The summed E-state index contributed by atoms with van der Waals surface area (Å²) >= 11 is 6.15. The molecule has 0 bridgehead atoms. The molecule has 2 aromatic carbocycles. The number of fused-ring (bicyclic) bond motifs is 1. The van der Waals surface area contributed by atoms with E-state index in [4.69, 9.17) is 21.1 Å². The van der Waals surface area contributed by atoms with Gasteiger partial charge >= 0.3 is 0 Å². The van der Waals surface area contributed by atoms with E-state index >= 15 is 0 Å². The first-order valence-electron chi connectivity index (χ1n) is 11.2. The standard InChI is InChI=1S/C24H26ClN3O5S/c1-26-11-21(16-3-2-4-19(25)9-16)24(29)27-12-17-14-28(15-18(17)13-27)34(30,31)20-5-6-22-23(10-20)33-8-7-32-22/h2-6,9-10,21,26H,7-8,11-15H2,1H3/t21-/m1/s1. The smallest absolute Gasteiger partial charge is 0.243 e. The second kappa shape index (κ2) is 9.22. The Morgan fingerprint density at radius 2 is 1.74 bits per heavy atom. The van der Waals surface area contributed by atoms with Gasteiger partial charge in [0.1, 0.15) is 13.2 Å². The third kappa shape index (κ3) is 4.29. The molecule has 0 saturated heterocycles. The number of likely N-dealkylation sites (N-methyl/N-ethyl adjacent to an activating group) is 1. The molecule has 1 N–H and O–H groups in total. The van der Waals surface area contributed by atoms with Gasteiger partial charge in [-0.2, -0.15) is 4.31 Å². The summed E-state index contributed by atoms with van der Waals surface area (Å²) < 4.78 is 39.1. The van der Waals surface area contributed by atoms with Gasteiger partial charge in [0, 0.05) is 43.8 Å². The lowest BCUT2D eigenvalue weighted by Crippen LogP contribution is -2.40. The Hall–Kier alpha value is -2.59. The van der Waals surface area contributed by atoms with Gasteiger partial charge in [0.15, 0.2) is 11.5 Å². The van der Waals surface area contributed by atoms with Crippen LogP contribution >= 0.6 is 11.6 Å². The number of benzene rings is 2. The summed E-state index contributed by atoms with van der Waals surface area (Å²) in [7, 11) is -1.88. The molecule has 3 aliphatic heterocycles. The summed E-state index contributed by atoms with van der Waals surface area (Å²) in [6, 6.07) is 12.1. The fourth-order valence-corrected chi connectivity index (χ4v) is 6.34. The van der Waals surface area contributed by atoms with Crippen molar-refractivity contribution in [1.29, 1.82) is 0 Å². The summed E-state index contributed by atoms with van der Waals surface area (Å²) in [4.78, 5) is 15.4. The van der Waals surface area contributed by atoms with Crippen molar-refractivity contribution in [2.45, 2.75) is 10.8 Å². The zero-order chi connectivity index (χ0) is 23.9. The van der Waals surface area contributed by atoms with Crippen LogP contribution in [0.15, 0.2) is 58.5 Å². The summed E-state index contributed by atoms with van der Waals surface area (Å²) in [5.41, 5.74) is 2.84. The first-order chi connectivity index (χ1) is 16.4. The van der Waals surface area contributed by atoms with Gasteiger partial charge in [0.25, 0.3) is 0 Å². The van der Waals surface area contributed by atoms with Crippen molar-refractivity contribution in [2.75, 3.05) is 53.0 Å². The molecule has 10 heteroatoms. The van der Waals surface area contributed by atoms with E-state index in [1.807, 2.05) is 30.1 Å². The fourth-order valence-electron chi connectivity index (χ4n) is 4.70. The predicted octanol–water partition coefficient (Wildman–Crippen LogP) is 2.26. The Morgan fingerprint density at radius 3 is 2.41 bits per heavy atom. The van der Waals surface area contributed by atoms with E-state index in [-0.39, 0.29) is 29.8 Å². The molecule has 34 heavy (non-hydrogen) atoms. The van der Waals surface area contributed by atoms with Gasteiger partial charge < -0.3 is 19.7 Å². The Balaban J connectivity index is 1.27. The average Bonchev–Trinajstić information content (AvgIpc) is 3.42. The molecule has 3 aliphatic rings. The summed E-state index contributed by atoms with van der Waals surface area (Å²) in [6.45, 7) is 2.76. The fraction of sp³-hybridized carbons (Fsp3) is 0.375. The van der Waals surface area contributed by atoms with Crippen molar-refractivity contribution >= 4 is 27.5 Å². The van der Waals surface area contributed by atoms with Gasteiger partial charge in [0.2, 0.25) is 15.9 Å². The van der Waals surface area contributed by atoms with Gasteiger partial charge in [-0.3, -0.25) is 4.79 Å². The first-order valence-corrected chi connectivity index (χ1v) is 13.0. The lowest BCUT2D eigenvalue weighted by molar-refractivity contribution is -0.131. The molecular formula is C24H26ClN3O5S. The van der Waals surface area contributed by atoms with Crippen LogP contribution < -0.4 is 14.8 Å². The molecule has 2 aromatic rings. The highest BCUT2D eigenvalue weighted by atomic mass is 35.5. The number of nitrogens with one attached hydrogen (secondary N) is 1. The summed E-state index contributed by atoms with van der Waals surface area (Å²) in [5.74, 6) is 0.645. The third-order valence-electron chi connectivity index (χ3n) is 6.42. The molecule has 0 saturated carbocycles. The van der Waals surface area contributed by atoms with Gasteiger partial charge in [-0.05, 0) is 48.0 Å². The van der Waals surface area contributed by atoms with E-state index in [0.717, 1.165) is 16.7 Å². The van der Waals surface area contributed by atoms with Crippen molar-refractivity contribution in [1.82, 2.24) is 14.5 Å². The van der Waals surface area contributed by atoms with Gasteiger partial charge in [-0.25, -0.2) is 8.42 Å². The third-order valence-corrected chi connectivity index (χ3v) is 8.44. The molecule has 0 unspecified atom stereocenters. The topological polar surface area (TPSA) is 88.2 Å². The number of hydrogen-bond donors (Lipinski definition) is 1. The molecule has 0 aliphatic carbocycles. The maximum absolute atomic E-state index is 13.4. The molecule has 1 atom stereocenters. The summed E-state index contributed by atoms with van der Waals surface area (Å²) in [6.07, 6.45) is 0. The van der Waals surface area contributed by atoms with Gasteiger partial charge in [-0.15, -0.1) is 0 Å². The second-order valence-corrected chi connectivity index (χ2v) is 11.0. The van der Waals surface area contributed by atoms with E-state index in [1.165, 1.54) is 10.4 Å². The quantitative estimate of drug-likeness (QED) is 0.608. The SMILES string of the molecule is CNC[C@@H](C(=O)N1CC2=C(C1)CN(S(=O)(=O)c1ccc3c(c1)OCCO3)C2)c1cccc(Cl)c1. The molecule has 0 fully saturated rings. The Morgan fingerprint density at radius 1 is 1.03 bits per heavy atom. The van der Waals surface area contributed by atoms with E-state index in [2.05, 4.69) is 5.32 Å². The lowest BCUT2D eigenvalue weighted by atomic mass is 9.97. The minimum Gasteiger partial charge on any atom is -0.486 e. The molecule has 180 valence electrons. The van der Waals surface area contributed by atoms with E-state index in [1.54, 1.807) is 18.2 Å². The molecule has 0 spiro atoms. The summed E-state index contributed by atoms with van der Waals surface area (Å²) in [5, 5.41) is 3.69. The van der Waals surface area contributed by atoms with Crippen molar-refractivity contribution in [3.63, 3.8) is 0 Å². The van der Waals surface area contributed by atoms with E-state index in [9.17, 15) is 13.2 Å². The van der Waals surface area contributed by atoms with Crippen LogP contribution in [0.25, 0.3) is 0 Å². The number of rotatable bonds is 6. The van der Waals surface area contributed by atoms with Crippen LogP contribution in [0.1, 0.15) is 11.5 Å². The number of sulfonamides is 1. The van der Waals surface area contributed by atoms with Crippen molar-refractivity contribution in [2.24, 2.45) is 0 Å². The van der Waals surface area contributed by atoms with Crippen molar-refractivity contribution in [3.8, 4) is 11.5 Å².